The second kappa shape index (κ2) is 12.8. The van der Waals surface area contributed by atoms with Gasteiger partial charge in [-0.2, -0.15) is 0 Å². The van der Waals surface area contributed by atoms with Gasteiger partial charge in [0.05, 0.1) is 17.3 Å². The molecule has 1 saturated heterocycles. The average molecular weight is 397 g/mol. The van der Waals surface area contributed by atoms with E-state index in [4.69, 9.17) is 11.6 Å². The third-order valence-corrected chi connectivity index (χ3v) is 4.47. The fourth-order valence-corrected chi connectivity index (χ4v) is 2.95. The zero-order valence-electron chi connectivity index (χ0n) is 14.2. The second-order valence-electron chi connectivity index (χ2n) is 5.80. The number of piperidine rings is 1. The molecule has 1 aliphatic rings. The van der Waals surface area contributed by atoms with Crippen LogP contribution in [0.5, 0.6) is 0 Å². The molecular weight excluding hydrogens is 369 g/mol. The smallest absolute Gasteiger partial charge is 0.238 e. The van der Waals surface area contributed by atoms with Crippen molar-refractivity contribution in [2.24, 2.45) is 0 Å². The van der Waals surface area contributed by atoms with Gasteiger partial charge in [-0.25, -0.2) is 0 Å². The highest BCUT2D eigenvalue weighted by Crippen LogP contribution is 2.20. The molecule has 1 fully saturated rings. The van der Waals surface area contributed by atoms with Gasteiger partial charge >= 0.3 is 0 Å². The molecule has 24 heavy (non-hydrogen) atoms. The number of rotatable bonds is 7. The lowest BCUT2D eigenvalue weighted by Gasteiger charge is -2.29. The number of nitrogens with zero attached hydrogens (tertiary/aromatic N) is 2. The maximum Gasteiger partial charge on any atom is 0.238 e. The highest BCUT2D eigenvalue weighted by atomic mass is 35.5. The van der Waals surface area contributed by atoms with Crippen LogP contribution in [0, 0.1) is 0 Å². The van der Waals surface area contributed by atoms with Gasteiger partial charge in [0, 0.05) is 13.1 Å². The molecule has 1 aromatic rings. The molecule has 0 aromatic heterocycles. The number of halogens is 3. The summed E-state index contributed by atoms with van der Waals surface area (Å²) in [4.78, 5) is 16.8. The van der Waals surface area contributed by atoms with Gasteiger partial charge in [-0.05, 0) is 44.6 Å². The second-order valence-corrected chi connectivity index (χ2v) is 6.21. The first-order chi connectivity index (χ1) is 10.7. The number of nitrogens with one attached hydrogen (secondary N) is 1. The van der Waals surface area contributed by atoms with Gasteiger partial charge in [-0.1, -0.05) is 37.1 Å². The Morgan fingerprint density at radius 2 is 1.88 bits per heavy atom. The van der Waals surface area contributed by atoms with Crippen LogP contribution in [-0.2, 0) is 4.79 Å². The Bertz CT molecular complexity index is 482. The first-order valence-corrected chi connectivity index (χ1v) is 8.56. The van der Waals surface area contributed by atoms with Crippen molar-refractivity contribution in [1.29, 1.82) is 0 Å². The lowest BCUT2D eigenvalue weighted by atomic mass is 10.1. The fraction of sp³-hybridized carbons (Fsp3) is 0.588. The summed E-state index contributed by atoms with van der Waals surface area (Å²) in [5.41, 5.74) is 0.682. The quantitative estimate of drug-likeness (QED) is 0.758. The lowest BCUT2D eigenvalue weighted by Crippen LogP contribution is -2.40. The van der Waals surface area contributed by atoms with Gasteiger partial charge in [0.25, 0.3) is 0 Å². The Morgan fingerprint density at radius 3 is 2.50 bits per heavy atom. The van der Waals surface area contributed by atoms with Crippen LogP contribution in [0.3, 0.4) is 0 Å². The monoisotopic (exact) mass is 395 g/mol. The number of para-hydroxylation sites is 1. The van der Waals surface area contributed by atoms with Crippen molar-refractivity contribution in [2.75, 3.05) is 44.6 Å². The van der Waals surface area contributed by atoms with Crippen molar-refractivity contribution in [2.45, 2.75) is 26.2 Å². The molecule has 0 aliphatic carbocycles. The van der Waals surface area contributed by atoms with Gasteiger partial charge in [-0.3, -0.25) is 9.69 Å². The number of hydrogen-bond donors (Lipinski definition) is 1. The first-order valence-electron chi connectivity index (χ1n) is 8.18. The fourth-order valence-electron chi connectivity index (χ4n) is 2.77. The Balaban J connectivity index is 0.00000264. The minimum Gasteiger partial charge on any atom is -0.324 e. The molecule has 138 valence electrons. The van der Waals surface area contributed by atoms with Crippen molar-refractivity contribution in [3.8, 4) is 0 Å². The van der Waals surface area contributed by atoms with Crippen LogP contribution in [0.25, 0.3) is 0 Å². The van der Waals surface area contributed by atoms with Crippen LogP contribution in [0.2, 0.25) is 5.02 Å². The van der Waals surface area contributed by atoms with Crippen LogP contribution in [0.15, 0.2) is 24.3 Å². The highest BCUT2D eigenvalue weighted by Gasteiger charge is 2.14. The van der Waals surface area contributed by atoms with E-state index in [1.807, 2.05) is 18.2 Å². The molecule has 0 radical (unpaired) electrons. The zero-order valence-corrected chi connectivity index (χ0v) is 16.6. The van der Waals surface area contributed by atoms with E-state index in [1.54, 1.807) is 6.07 Å². The summed E-state index contributed by atoms with van der Waals surface area (Å²) >= 11 is 6.07. The molecule has 1 aromatic carbocycles. The maximum atomic E-state index is 12.2. The minimum atomic E-state index is -0.00593. The number of likely N-dealkylation sites (N-methyl/N-ethyl adjacent to an activating group) is 1. The molecule has 1 aliphatic heterocycles. The zero-order chi connectivity index (χ0) is 15.8. The topological polar surface area (TPSA) is 35.6 Å². The molecule has 7 heteroatoms. The van der Waals surface area contributed by atoms with E-state index >= 15 is 0 Å². The van der Waals surface area contributed by atoms with Crippen LogP contribution in [0.1, 0.15) is 26.2 Å². The van der Waals surface area contributed by atoms with Crippen molar-refractivity contribution < 1.29 is 4.79 Å². The SMILES string of the molecule is CCN(CCN1CCCCC1)CC(=O)Nc1ccccc1Cl.Cl.Cl. The molecule has 0 saturated carbocycles. The summed E-state index contributed by atoms with van der Waals surface area (Å²) in [5.74, 6) is -0.00593. The Kier molecular flexibility index (Phi) is 12.5. The van der Waals surface area contributed by atoms with Crippen LogP contribution >= 0.6 is 36.4 Å². The minimum absolute atomic E-state index is 0. The summed E-state index contributed by atoms with van der Waals surface area (Å²) in [6.07, 6.45) is 3.96. The predicted octanol–water partition coefficient (Wildman–Crippen LogP) is 3.93. The summed E-state index contributed by atoms with van der Waals surface area (Å²) < 4.78 is 0. The van der Waals surface area contributed by atoms with E-state index in [1.165, 1.54) is 32.4 Å². The standard InChI is InChI=1S/C17H26ClN3O.2ClH/c1-2-20(12-13-21-10-6-3-7-11-21)14-17(22)19-16-9-5-4-8-15(16)18;;/h4-5,8-9H,2-3,6-7,10-14H2,1H3,(H,19,22);2*1H. The molecule has 2 rings (SSSR count). The van der Waals surface area contributed by atoms with E-state index in [0.717, 1.165) is 19.6 Å². The summed E-state index contributed by atoms with van der Waals surface area (Å²) in [6, 6.07) is 7.33. The molecule has 0 atom stereocenters. The van der Waals surface area contributed by atoms with Crippen molar-refractivity contribution in [3.63, 3.8) is 0 Å². The number of anilines is 1. The van der Waals surface area contributed by atoms with Crippen molar-refractivity contribution >= 4 is 48.0 Å². The number of carbonyl (C=O) groups excluding carboxylic acids is 1. The van der Waals surface area contributed by atoms with E-state index in [0.29, 0.717) is 17.3 Å². The van der Waals surface area contributed by atoms with Crippen molar-refractivity contribution in [3.05, 3.63) is 29.3 Å². The number of amides is 1. The van der Waals surface area contributed by atoms with Crippen molar-refractivity contribution in [1.82, 2.24) is 9.80 Å². The van der Waals surface area contributed by atoms with Crippen LogP contribution < -0.4 is 5.32 Å². The summed E-state index contributed by atoms with van der Waals surface area (Å²) in [7, 11) is 0. The van der Waals surface area contributed by atoms with Gasteiger partial charge in [-0.15, -0.1) is 24.8 Å². The van der Waals surface area contributed by atoms with E-state index in [9.17, 15) is 4.79 Å². The lowest BCUT2D eigenvalue weighted by molar-refractivity contribution is -0.117. The number of benzene rings is 1. The number of carbonyl (C=O) groups is 1. The van der Waals surface area contributed by atoms with Crippen LogP contribution in [-0.4, -0.2) is 55.0 Å². The van der Waals surface area contributed by atoms with Gasteiger partial charge < -0.3 is 10.2 Å². The van der Waals surface area contributed by atoms with E-state index < -0.39 is 0 Å². The Morgan fingerprint density at radius 1 is 1.21 bits per heavy atom. The molecule has 4 nitrogen and oxygen atoms in total. The average Bonchev–Trinajstić information content (AvgIpc) is 2.54. The summed E-state index contributed by atoms with van der Waals surface area (Å²) in [5, 5.41) is 3.46. The molecule has 0 bridgehead atoms. The normalized spacial score (nSPS) is 14.6. The third-order valence-electron chi connectivity index (χ3n) is 4.14. The number of likely N-dealkylation sites (tertiary alicyclic amines) is 1. The predicted molar refractivity (Wildman–Crippen MR) is 107 cm³/mol. The number of hydrogen-bond acceptors (Lipinski definition) is 3. The maximum absolute atomic E-state index is 12.2. The van der Waals surface area contributed by atoms with Crippen LogP contribution in [0.4, 0.5) is 5.69 Å². The van der Waals surface area contributed by atoms with E-state index in [2.05, 4.69) is 22.0 Å². The molecule has 1 N–H and O–H groups in total. The highest BCUT2D eigenvalue weighted by molar-refractivity contribution is 6.33. The van der Waals surface area contributed by atoms with Gasteiger partial charge in [0.1, 0.15) is 0 Å². The Hall–Kier alpha value is -0.520. The Labute approximate surface area is 162 Å². The first kappa shape index (κ1) is 23.5. The van der Waals surface area contributed by atoms with Gasteiger partial charge in [0.2, 0.25) is 5.91 Å². The molecular formula is C17H28Cl3N3O. The summed E-state index contributed by atoms with van der Waals surface area (Å²) in [6.45, 7) is 7.77. The molecule has 1 heterocycles. The van der Waals surface area contributed by atoms with Gasteiger partial charge in [0.15, 0.2) is 0 Å². The molecule has 0 unspecified atom stereocenters. The molecule has 0 spiro atoms. The molecule has 1 amide bonds. The largest absolute Gasteiger partial charge is 0.324 e. The third kappa shape index (κ3) is 8.04. The van der Waals surface area contributed by atoms with E-state index in [-0.39, 0.29) is 30.7 Å².